The van der Waals surface area contributed by atoms with Gasteiger partial charge in [0.05, 0.1) is 11.6 Å². The summed E-state index contributed by atoms with van der Waals surface area (Å²) in [6, 6.07) is 13.6. The molecule has 1 unspecified atom stereocenters. The number of rotatable bonds is 3. The normalized spacial score (nSPS) is 12.6. The van der Waals surface area contributed by atoms with Gasteiger partial charge >= 0.3 is 0 Å². The second kappa shape index (κ2) is 4.94. The van der Waals surface area contributed by atoms with Crippen molar-refractivity contribution in [2.75, 3.05) is 19.0 Å². The summed E-state index contributed by atoms with van der Waals surface area (Å²) in [5, 5.41) is 0. The Balaban J connectivity index is 2.00. The highest BCUT2D eigenvalue weighted by atomic mass is 15.2. The first-order chi connectivity index (χ1) is 9.65. The van der Waals surface area contributed by atoms with Crippen LogP contribution in [0.4, 0.5) is 5.82 Å². The van der Waals surface area contributed by atoms with Crippen LogP contribution in [0.2, 0.25) is 0 Å². The lowest BCUT2D eigenvalue weighted by atomic mass is 10.1. The Hall–Kier alpha value is -2.40. The molecule has 0 saturated carbocycles. The second-order valence-corrected chi connectivity index (χ2v) is 4.95. The molecule has 0 bridgehead atoms. The van der Waals surface area contributed by atoms with Gasteiger partial charge < -0.3 is 15.6 Å². The summed E-state index contributed by atoms with van der Waals surface area (Å²) in [6.45, 7) is 0. The zero-order valence-corrected chi connectivity index (χ0v) is 11.5. The SMILES string of the molecule is CN(C)c1ccc2[nH]c(C(N)c3ccccc3)nc2n1. The average molecular weight is 267 g/mol. The van der Waals surface area contributed by atoms with E-state index in [0.717, 1.165) is 22.7 Å². The van der Waals surface area contributed by atoms with Crippen molar-refractivity contribution in [2.24, 2.45) is 5.73 Å². The Morgan fingerprint density at radius 3 is 2.50 bits per heavy atom. The first-order valence-electron chi connectivity index (χ1n) is 6.49. The number of fused-ring (bicyclic) bond motifs is 1. The van der Waals surface area contributed by atoms with Crippen LogP contribution in [-0.4, -0.2) is 29.0 Å². The fourth-order valence-corrected chi connectivity index (χ4v) is 2.12. The number of H-pyrrole nitrogens is 1. The number of aromatic amines is 1. The number of benzene rings is 1. The number of nitrogens with zero attached hydrogens (tertiary/aromatic N) is 3. The molecule has 5 heteroatoms. The highest BCUT2D eigenvalue weighted by molar-refractivity contribution is 5.73. The van der Waals surface area contributed by atoms with E-state index in [0.29, 0.717) is 5.65 Å². The van der Waals surface area contributed by atoms with E-state index in [1.807, 2.05) is 61.5 Å². The van der Waals surface area contributed by atoms with Gasteiger partial charge in [-0.25, -0.2) is 9.97 Å². The van der Waals surface area contributed by atoms with E-state index in [9.17, 15) is 0 Å². The molecule has 0 spiro atoms. The molecular formula is C15H17N5. The minimum Gasteiger partial charge on any atom is -0.363 e. The predicted molar refractivity (Wildman–Crippen MR) is 80.7 cm³/mol. The fraction of sp³-hybridized carbons (Fsp3) is 0.200. The van der Waals surface area contributed by atoms with E-state index in [2.05, 4.69) is 15.0 Å². The van der Waals surface area contributed by atoms with E-state index in [-0.39, 0.29) is 6.04 Å². The average Bonchev–Trinajstić information content (AvgIpc) is 2.90. The molecule has 2 aromatic heterocycles. The molecule has 1 aromatic carbocycles. The number of nitrogens with one attached hydrogen (secondary N) is 1. The van der Waals surface area contributed by atoms with Crippen molar-refractivity contribution >= 4 is 17.0 Å². The monoisotopic (exact) mass is 267 g/mol. The van der Waals surface area contributed by atoms with Gasteiger partial charge in [0, 0.05) is 14.1 Å². The molecule has 2 heterocycles. The van der Waals surface area contributed by atoms with E-state index in [1.54, 1.807) is 0 Å². The molecule has 3 N–H and O–H groups in total. The maximum absolute atomic E-state index is 6.25. The number of anilines is 1. The number of aromatic nitrogens is 3. The summed E-state index contributed by atoms with van der Waals surface area (Å²) in [7, 11) is 3.91. The first kappa shape index (κ1) is 12.6. The highest BCUT2D eigenvalue weighted by Crippen LogP contribution is 2.20. The molecular weight excluding hydrogens is 250 g/mol. The molecule has 0 aliphatic carbocycles. The first-order valence-corrected chi connectivity index (χ1v) is 6.49. The molecule has 102 valence electrons. The van der Waals surface area contributed by atoms with Gasteiger partial charge in [0.25, 0.3) is 0 Å². The minimum absolute atomic E-state index is 0.270. The molecule has 0 radical (unpaired) electrons. The quantitative estimate of drug-likeness (QED) is 0.762. The van der Waals surface area contributed by atoms with Crippen molar-refractivity contribution < 1.29 is 0 Å². The smallest absolute Gasteiger partial charge is 0.179 e. The maximum Gasteiger partial charge on any atom is 0.179 e. The number of hydrogen-bond donors (Lipinski definition) is 2. The number of imidazole rings is 1. The van der Waals surface area contributed by atoms with Crippen LogP contribution in [0.15, 0.2) is 42.5 Å². The fourth-order valence-electron chi connectivity index (χ4n) is 2.12. The van der Waals surface area contributed by atoms with Gasteiger partial charge in [-0.3, -0.25) is 0 Å². The van der Waals surface area contributed by atoms with Gasteiger partial charge in [0.15, 0.2) is 5.65 Å². The van der Waals surface area contributed by atoms with Crippen LogP contribution in [-0.2, 0) is 0 Å². The lowest BCUT2D eigenvalue weighted by molar-refractivity contribution is 0.805. The van der Waals surface area contributed by atoms with Crippen LogP contribution in [0.25, 0.3) is 11.2 Å². The van der Waals surface area contributed by atoms with Crippen LogP contribution in [0, 0.1) is 0 Å². The summed E-state index contributed by atoms with van der Waals surface area (Å²) in [5.41, 5.74) is 8.87. The lowest BCUT2D eigenvalue weighted by Gasteiger charge is -2.09. The topological polar surface area (TPSA) is 70.8 Å². The predicted octanol–water partition coefficient (Wildman–Crippen LogP) is 2.07. The molecule has 0 aliphatic heterocycles. The van der Waals surface area contributed by atoms with Gasteiger partial charge in [0.1, 0.15) is 11.6 Å². The van der Waals surface area contributed by atoms with Gasteiger partial charge in [-0.1, -0.05) is 30.3 Å². The number of pyridine rings is 1. The standard InChI is InChI=1S/C15H17N5/c1-20(2)12-9-8-11-14(18-12)19-15(17-11)13(16)10-6-4-3-5-7-10/h3-9,13H,16H2,1-2H3,(H,17,18,19). The third-order valence-electron chi connectivity index (χ3n) is 3.26. The molecule has 0 saturated heterocycles. The van der Waals surface area contributed by atoms with Gasteiger partial charge in [-0.15, -0.1) is 0 Å². The summed E-state index contributed by atoms with van der Waals surface area (Å²) in [4.78, 5) is 14.2. The molecule has 0 aliphatic rings. The lowest BCUT2D eigenvalue weighted by Crippen LogP contribution is -2.13. The molecule has 1 atom stereocenters. The Labute approximate surface area is 117 Å². The Morgan fingerprint density at radius 2 is 1.80 bits per heavy atom. The summed E-state index contributed by atoms with van der Waals surface area (Å²) >= 11 is 0. The maximum atomic E-state index is 6.25. The highest BCUT2D eigenvalue weighted by Gasteiger charge is 2.14. The van der Waals surface area contributed by atoms with Crippen molar-refractivity contribution in [1.29, 1.82) is 0 Å². The molecule has 3 aromatic rings. The summed E-state index contributed by atoms with van der Waals surface area (Å²) < 4.78 is 0. The Kier molecular flexibility index (Phi) is 3.12. The summed E-state index contributed by atoms with van der Waals surface area (Å²) in [5.74, 6) is 1.61. The zero-order valence-electron chi connectivity index (χ0n) is 11.5. The molecule has 0 amide bonds. The van der Waals surface area contributed by atoms with Gasteiger partial charge in [-0.05, 0) is 17.7 Å². The molecule has 20 heavy (non-hydrogen) atoms. The van der Waals surface area contributed by atoms with E-state index >= 15 is 0 Å². The van der Waals surface area contributed by atoms with Crippen molar-refractivity contribution in [1.82, 2.24) is 15.0 Å². The second-order valence-electron chi connectivity index (χ2n) is 4.95. The molecule has 3 rings (SSSR count). The van der Waals surface area contributed by atoms with E-state index < -0.39 is 0 Å². The van der Waals surface area contributed by atoms with Gasteiger partial charge in [0.2, 0.25) is 0 Å². The molecule has 5 nitrogen and oxygen atoms in total. The van der Waals surface area contributed by atoms with Crippen molar-refractivity contribution in [3.63, 3.8) is 0 Å². The third kappa shape index (κ3) is 2.23. The van der Waals surface area contributed by atoms with Gasteiger partial charge in [-0.2, -0.15) is 0 Å². The van der Waals surface area contributed by atoms with Crippen LogP contribution < -0.4 is 10.6 Å². The molecule has 0 fully saturated rings. The van der Waals surface area contributed by atoms with Crippen molar-refractivity contribution in [3.8, 4) is 0 Å². The van der Waals surface area contributed by atoms with E-state index in [4.69, 9.17) is 5.73 Å². The van der Waals surface area contributed by atoms with Crippen molar-refractivity contribution in [2.45, 2.75) is 6.04 Å². The largest absolute Gasteiger partial charge is 0.363 e. The van der Waals surface area contributed by atoms with Crippen LogP contribution in [0.1, 0.15) is 17.4 Å². The van der Waals surface area contributed by atoms with Crippen LogP contribution in [0.5, 0.6) is 0 Å². The zero-order chi connectivity index (χ0) is 14.1. The third-order valence-corrected chi connectivity index (χ3v) is 3.26. The Morgan fingerprint density at radius 1 is 1.05 bits per heavy atom. The van der Waals surface area contributed by atoms with Crippen LogP contribution >= 0.6 is 0 Å². The van der Waals surface area contributed by atoms with E-state index in [1.165, 1.54) is 0 Å². The number of hydrogen-bond acceptors (Lipinski definition) is 4. The van der Waals surface area contributed by atoms with Crippen LogP contribution in [0.3, 0.4) is 0 Å². The number of nitrogens with two attached hydrogens (primary N) is 1. The minimum atomic E-state index is -0.270. The Bertz CT molecular complexity index is 717. The van der Waals surface area contributed by atoms with Crippen molar-refractivity contribution in [3.05, 3.63) is 53.9 Å². The summed E-state index contributed by atoms with van der Waals surface area (Å²) in [6.07, 6.45) is 0.